The van der Waals surface area contributed by atoms with Crippen LogP contribution in [0, 0.1) is 13.8 Å². The molecule has 1 unspecified atom stereocenters. The molecule has 4 N–H and O–H groups in total. The summed E-state index contributed by atoms with van der Waals surface area (Å²) in [5.74, 6) is -0.384. The van der Waals surface area contributed by atoms with Gasteiger partial charge in [0, 0.05) is 4.88 Å². The van der Waals surface area contributed by atoms with Crippen LogP contribution in [0.5, 0.6) is 0 Å². The van der Waals surface area contributed by atoms with E-state index >= 15 is 0 Å². The van der Waals surface area contributed by atoms with E-state index in [-0.39, 0.29) is 24.2 Å². The number of nitrogens with one attached hydrogen (secondary N) is 1. The summed E-state index contributed by atoms with van der Waals surface area (Å²) in [6.45, 7) is 5.71. The van der Waals surface area contributed by atoms with Crippen LogP contribution in [0.3, 0.4) is 0 Å². The SMILES string of the molecule is Cc1nc(C)c(C(C)NC(=O)C/C(N)=N/O)s1. The van der Waals surface area contributed by atoms with E-state index in [4.69, 9.17) is 10.9 Å². The predicted molar refractivity (Wildman–Crippen MR) is 66.2 cm³/mol. The van der Waals surface area contributed by atoms with Gasteiger partial charge in [-0.25, -0.2) is 4.98 Å². The lowest BCUT2D eigenvalue weighted by molar-refractivity contribution is -0.120. The lowest BCUT2D eigenvalue weighted by Crippen LogP contribution is -2.30. The van der Waals surface area contributed by atoms with E-state index in [1.165, 1.54) is 0 Å². The summed E-state index contributed by atoms with van der Waals surface area (Å²) in [6.07, 6.45) is -0.113. The Morgan fingerprint density at radius 2 is 2.29 bits per heavy atom. The van der Waals surface area contributed by atoms with Gasteiger partial charge in [0.05, 0.1) is 23.2 Å². The molecule has 0 aliphatic heterocycles. The lowest BCUT2D eigenvalue weighted by atomic mass is 10.2. The number of nitrogens with zero attached hydrogens (tertiary/aromatic N) is 2. The van der Waals surface area contributed by atoms with Gasteiger partial charge in [-0.15, -0.1) is 11.3 Å². The topological polar surface area (TPSA) is 101 Å². The van der Waals surface area contributed by atoms with E-state index in [1.807, 2.05) is 20.8 Å². The summed E-state index contributed by atoms with van der Waals surface area (Å²) in [7, 11) is 0. The van der Waals surface area contributed by atoms with Crippen molar-refractivity contribution in [2.45, 2.75) is 33.2 Å². The second-order valence-corrected chi connectivity index (χ2v) is 4.97. The predicted octanol–water partition coefficient (Wildman–Crippen LogP) is 1.07. The number of aryl methyl sites for hydroxylation is 2. The molecule has 0 bridgehead atoms. The first kappa shape index (κ1) is 13.4. The highest BCUT2D eigenvalue weighted by Crippen LogP contribution is 2.24. The van der Waals surface area contributed by atoms with Gasteiger partial charge in [0.15, 0.2) is 0 Å². The zero-order valence-corrected chi connectivity index (χ0v) is 10.8. The number of carbonyl (C=O) groups excluding carboxylic acids is 1. The van der Waals surface area contributed by atoms with Gasteiger partial charge in [-0.05, 0) is 20.8 Å². The highest BCUT2D eigenvalue weighted by molar-refractivity contribution is 7.11. The van der Waals surface area contributed by atoms with E-state index in [9.17, 15) is 4.79 Å². The average Bonchev–Trinajstić information content (AvgIpc) is 2.57. The van der Waals surface area contributed by atoms with Crippen molar-refractivity contribution in [1.29, 1.82) is 0 Å². The monoisotopic (exact) mass is 256 g/mol. The fourth-order valence-corrected chi connectivity index (χ4v) is 2.44. The van der Waals surface area contributed by atoms with E-state index in [1.54, 1.807) is 11.3 Å². The maximum absolute atomic E-state index is 11.5. The fourth-order valence-electron chi connectivity index (χ4n) is 1.51. The quantitative estimate of drug-likeness (QED) is 0.324. The Bertz CT molecular complexity index is 442. The molecule has 0 saturated heterocycles. The molecule has 0 spiro atoms. The van der Waals surface area contributed by atoms with Crippen LogP contribution in [0.4, 0.5) is 0 Å². The van der Waals surface area contributed by atoms with Gasteiger partial charge in [-0.2, -0.15) is 0 Å². The van der Waals surface area contributed by atoms with Gasteiger partial charge in [-0.1, -0.05) is 5.16 Å². The third kappa shape index (κ3) is 3.70. The molecule has 94 valence electrons. The first-order chi connectivity index (χ1) is 7.93. The van der Waals surface area contributed by atoms with E-state index in [0.717, 1.165) is 15.6 Å². The number of oxime groups is 1. The maximum Gasteiger partial charge on any atom is 0.228 e. The Labute approximate surface area is 104 Å². The molecule has 1 amide bonds. The van der Waals surface area contributed by atoms with Gasteiger partial charge in [0.25, 0.3) is 0 Å². The Morgan fingerprint density at radius 3 is 2.76 bits per heavy atom. The van der Waals surface area contributed by atoms with Crippen molar-refractivity contribution in [1.82, 2.24) is 10.3 Å². The number of amides is 1. The Balaban J connectivity index is 2.63. The molecule has 7 heteroatoms. The van der Waals surface area contributed by atoms with Gasteiger partial charge >= 0.3 is 0 Å². The number of rotatable bonds is 4. The highest BCUT2D eigenvalue weighted by Gasteiger charge is 2.15. The first-order valence-corrected chi connectivity index (χ1v) is 5.95. The second-order valence-electron chi connectivity index (χ2n) is 3.74. The molecular formula is C10H16N4O2S. The minimum Gasteiger partial charge on any atom is -0.409 e. The Hall–Kier alpha value is -1.63. The first-order valence-electron chi connectivity index (χ1n) is 5.13. The number of hydrogen-bond acceptors (Lipinski definition) is 5. The van der Waals surface area contributed by atoms with E-state index in [2.05, 4.69) is 15.5 Å². The van der Waals surface area contributed by atoms with Crippen LogP contribution >= 0.6 is 11.3 Å². The van der Waals surface area contributed by atoms with Crippen molar-refractivity contribution in [2.24, 2.45) is 10.9 Å². The van der Waals surface area contributed by atoms with Crippen molar-refractivity contribution in [3.8, 4) is 0 Å². The Morgan fingerprint density at radius 1 is 1.65 bits per heavy atom. The fraction of sp³-hybridized carbons (Fsp3) is 0.500. The molecule has 0 fully saturated rings. The molecule has 6 nitrogen and oxygen atoms in total. The largest absolute Gasteiger partial charge is 0.409 e. The summed E-state index contributed by atoms with van der Waals surface area (Å²) in [5, 5.41) is 14.9. The van der Waals surface area contributed by atoms with Crippen LogP contribution < -0.4 is 11.1 Å². The highest BCUT2D eigenvalue weighted by atomic mass is 32.1. The van der Waals surface area contributed by atoms with Crippen LogP contribution in [0.15, 0.2) is 5.16 Å². The minimum atomic E-state index is -0.279. The van der Waals surface area contributed by atoms with Crippen LogP contribution in [0.1, 0.15) is 35.0 Å². The smallest absolute Gasteiger partial charge is 0.228 e. The molecule has 17 heavy (non-hydrogen) atoms. The van der Waals surface area contributed by atoms with Crippen LogP contribution in [-0.2, 0) is 4.79 Å². The van der Waals surface area contributed by atoms with Crippen molar-refractivity contribution in [3.05, 3.63) is 15.6 Å². The minimum absolute atomic E-state index is 0.105. The van der Waals surface area contributed by atoms with Gasteiger partial charge in [0.2, 0.25) is 5.91 Å². The Kier molecular flexibility index (Phi) is 4.45. The zero-order valence-electron chi connectivity index (χ0n) is 10.0. The average molecular weight is 256 g/mol. The third-order valence-corrected chi connectivity index (χ3v) is 3.44. The van der Waals surface area contributed by atoms with Crippen molar-refractivity contribution < 1.29 is 10.0 Å². The molecule has 1 aromatic heterocycles. The standard InChI is InChI=1S/C10H16N4O2S/c1-5-10(17-7(3)12-5)6(2)13-9(15)4-8(11)14-16/h6,16H,4H2,1-3H3,(H2,11,14)(H,13,15). The van der Waals surface area contributed by atoms with Crippen molar-refractivity contribution >= 4 is 23.1 Å². The second kappa shape index (κ2) is 5.62. The number of aromatic nitrogens is 1. The number of thiazole rings is 1. The molecule has 0 radical (unpaired) electrons. The van der Waals surface area contributed by atoms with Gasteiger partial charge < -0.3 is 16.3 Å². The summed E-state index contributed by atoms with van der Waals surface area (Å²) in [5.41, 5.74) is 6.17. The number of hydrogen-bond donors (Lipinski definition) is 3. The van der Waals surface area contributed by atoms with Crippen molar-refractivity contribution in [3.63, 3.8) is 0 Å². The molecule has 1 heterocycles. The number of carbonyl (C=O) groups is 1. The van der Waals surface area contributed by atoms with Crippen LogP contribution in [-0.4, -0.2) is 21.9 Å². The normalized spacial score (nSPS) is 13.5. The maximum atomic E-state index is 11.5. The van der Waals surface area contributed by atoms with Crippen LogP contribution in [0.2, 0.25) is 0 Å². The molecule has 0 aliphatic carbocycles. The van der Waals surface area contributed by atoms with E-state index in [0.29, 0.717) is 0 Å². The summed E-state index contributed by atoms with van der Waals surface area (Å²) in [4.78, 5) is 16.8. The summed E-state index contributed by atoms with van der Waals surface area (Å²) >= 11 is 1.55. The third-order valence-electron chi connectivity index (χ3n) is 2.18. The number of amidine groups is 1. The molecular weight excluding hydrogens is 240 g/mol. The summed E-state index contributed by atoms with van der Waals surface area (Å²) in [6, 6.07) is -0.125. The van der Waals surface area contributed by atoms with Gasteiger partial charge in [0.1, 0.15) is 5.84 Å². The molecule has 0 saturated carbocycles. The van der Waals surface area contributed by atoms with E-state index < -0.39 is 0 Å². The molecule has 0 aromatic carbocycles. The van der Waals surface area contributed by atoms with Gasteiger partial charge in [-0.3, -0.25) is 4.79 Å². The molecule has 1 atom stereocenters. The molecule has 1 rings (SSSR count). The summed E-state index contributed by atoms with van der Waals surface area (Å²) < 4.78 is 0. The van der Waals surface area contributed by atoms with Crippen LogP contribution in [0.25, 0.3) is 0 Å². The van der Waals surface area contributed by atoms with Crippen molar-refractivity contribution in [2.75, 3.05) is 0 Å². The zero-order chi connectivity index (χ0) is 13.0. The molecule has 0 aliphatic rings. The number of nitrogens with two attached hydrogens (primary N) is 1. The molecule has 1 aromatic rings. The lowest BCUT2D eigenvalue weighted by Gasteiger charge is -2.12.